The van der Waals surface area contributed by atoms with E-state index in [-0.39, 0.29) is 16.5 Å². The number of aromatic nitrogens is 2. The van der Waals surface area contributed by atoms with Crippen molar-refractivity contribution in [1.82, 2.24) is 10.2 Å². The number of nitrogens with zero attached hydrogens (tertiary/aromatic N) is 3. The molecule has 1 fully saturated rings. The molecule has 240 valence electrons. The first-order valence-corrected chi connectivity index (χ1v) is 17.1. The Morgan fingerprint density at radius 3 is 2.39 bits per heavy atom. The summed E-state index contributed by atoms with van der Waals surface area (Å²) in [5.41, 5.74) is 1.65. The average molecular weight is 701 g/mol. The zero-order valence-corrected chi connectivity index (χ0v) is 28.4. The van der Waals surface area contributed by atoms with Crippen molar-refractivity contribution in [3.05, 3.63) is 93.0 Å². The van der Waals surface area contributed by atoms with Crippen LogP contribution in [0, 0.1) is 0 Å². The van der Waals surface area contributed by atoms with Gasteiger partial charge in [-0.3, -0.25) is 14.5 Å². The summed E-state index contributed by atoms with van der Waals surface area (Å²) in [6.07, 6.45) is 0.803. The Morgan fingerprint density at radius 1 is 0.935 bits per heavy atom. The number of amides is 1. The number of ketones is 1. The number of aliphatic hydroxyl groups excluding tert-OH is 1. The maximum absolute atomic E-state index is 13.7. The van der Waals surface area contributed by atoms with Gasteiger partial charge in [0.15, 0.2) is 15.8 Å². The van der Waals surface area contributed by atoms with E-state index in [1.807, 2.05) is 26.8 Å². The summed E-state index contributed by atoms with van der Waals surface area (Å²) in [7, 11) is 0. The Morgan fingerprint density at radius 2 is 1.70 bits per heavy atom. The number of anilines is 1. The van der Waals surface area contributed by atoms with Crippen molar-refractivity contribution in [3.8, 4) is 17.2 Å². The van der Waals surface area contributed by atoms with Gasteiger partial charge in [0.2, 0.25) is 5.13 Å². The van der Waals surface area contributed by atoms with Gasteiger partial charge in [0.1, 0.15) is 11.5 Å². The highest BCUT2D eigenvalue weighted by molar-refractivity contribution is 8.00. The van der Waals surface area contributed by atoms with Crippen molar-refractivity contribution in [3.63, 3.8) is 0 Å². The molecule has 1 aliphatic rings. The van der Waals surface area contributed by atoms with Crippen LogP contribution >= 0.6 is 46.3 Å². The van der Waals surface area contributed by atoms with Crippen LogP contribution in [0.4, 0.5) is 5.13 Å². The minimum atomic E-state index is -1.03. The van der Waals surface area contributed by atoms with Crippen LogP contribution in [0.3, 0.4) is 0 Å². The molecular formula is C33H31Cl2N3O6S2. The van der Waals surface area contributed by atoms with Crippen LogP contribution in [-0.2, 0) is 15.3 Å². The molecule has 1 saturated heterocycles. The Balaban J connectivity index is 1.57. The molecule has 46 heavy (non-hydrogen) atoms. The highest BCUT2D eigenvalue weighted by Crippen LogP contribution is 2.46. The van der Waals surface area contributed by atoms with E-state index >= 15 is 0 Å². The number of carbonyl (C=O) groups excluding carboxylic acids is 2. The maximum atomic E-state index is 13.7. The van der Waals surface area contributed by atoms with Crippen LogP contribution in [-0.4, -0.2) is 46.8 Å². The Bertz CT molecular complexity index is 1760. The number of Topliss-reactive ketones (excluding diaryl/α,β-unsaturated/α-hetero) is 1. The van der Waals surface area contributed by atoms with Gasteiger partial charge < -0.3 is 19.3 Å². The van der Waals surface area contributed by atoms with E-state index in [9.17, 15) is 14.7 Å². The van der Waals surface area contributed by atoms with Crippen molar-refractivity contribution in [2.75, 3.05) is 24.7 Å². The minimum Gasteiger partial charge on any atom is -0.507 e. The molecule has 1 aliphatic heterocycles. The fourth-order valence-electron chi connectivity index (χ4n) is 4.81. The van der Waals surface area contributed by atoms with Crippen LogP contribution in [0.2, 0.25) is 10.0 Å². The van der Waals surface area contributed by atoms with Crippen LogP contribution in [0.1, 0.15) is 49.9 Å². The number of carbonyl (C=O) groups is 2. The standard InChI is InChI=1S/C33H31Cl2N3O6S2/c1-4-15-44-25-14-10-20(16-26(25)43-6-3)28-27(29(39)19-8-12-23(13-9-19)42-5-2)30(40)31(41)38(28)32-36-37-33(46-32)45-18-21-7-11-22(34)17-24(21)35/h7-14,16-17,28,39H,4-6,15,18H2,1-3H3/b29-27+. The number of hydrogen-bond donors (Lipinski definition) is 1. The van der Waals surface area contributed by atoms with E-state index in [0.29, 0.717) is 68.3 Å². The molecule has 13 heteroatoms. The lowest BCUT2D eigenvalue weighted by molar-refractivity contribution is -0.132. The molecule has 0 spiro atoms. The predicted octanol–water partition coefficient (Wildman–Crippen LogP) is 8.35. The molecule has 1 unspecified atom stereocenters. The second-order valence-electron chi connectivity index (χ2n) is 9.99. The number of benzene rings is 3. The van der Waals surface area contributed by atoms with Crippen LogP contribution in [0.5, 0.6) is 17.2 Å². The number of halogens is 2. The molecule has 0 radical (unpaired) electrons. The smallest absolute Gasteiger partial charge is 0.301 e. The molecule has 2 heterocycles. The van der Waals surface area contributed by atoms with Gasteiger partial charge in [0.05, 0.1) is 31.4 Å². The quantitative estimate of drug-likeness (QED) is 0.0484. The molecular weight excluding hydrogens is 669 g/mol. The van der Waals surface area contributed by atoms with E-state index in [1.54, 1.807) is 54.6 Å². The van der Waals surface area contributed by atoms with Gasteiger partial charge in [-0.15, -0.1) is 10.2 Å². The normalized spacial score (nSPS) is 15.8. The summed E-state index contributed by atoms with van der Waals surface area (Å²) in [5.74, 6) is 0.0724. The predicted molar refractivity (Wildman–Crippen MR) is 182 cm³/mol. The topological polar surface area (TPSA) is 111 Å². The second kappa shape index (κ2) is 15.2. The van der Waals surface area contributed by atoms with Crippen molar-refractivity contribution in [1.29, 1.82) is 0 Å². The largest absolute Gasteiger partial charge is 0.507 e. The molecule has 0 aliphatic carbocycles. The molecule has 4 aromatic rings. The molecule has 1 atom stereocenters. The maximum Gasteiger partial charge on any atom is 0.301 e. The Kier molecular flexibility index (Phi) is 11.1. The van der Waals surface area contributed by atoms with E-state index in [2.05, 4.69) is 10.2 Å². The number of rotatable bonds is 13. The Labute approximate surface area is 285 Å². The third-order valence-electron chi connectivity index (χ3n) is 6.90. The molecule has 9 nitrogen and oxygen atoms in total. The van der Waals surface area contributed by atoms with Gasteiger partial charge in [-0.1, -0.05) is 65.4 Å². The van der Waals surface area contributed by atoms with E-state index < -0.39 is 17.7 Å². The highest BCUT2D eigenvalue weighted by Gasteiger charge is 2.48. The van der Waals surface area contributed by atoms with Crippen LogP contribution < -0.4 is 19.1 Å². The van der Waals surface area contributed by atoms with Crippen LogP contribution in [0.25, 0.3) is 5.76 Å². The van der Waals surface area contributed by atoms with Crippen LogP contribution in [0.15, 0.2) is 70.6 Å². The van der Waals surface area contributed by atoms with E-state index in [4.69, 9.17) is 37.4 Å². The van der Waals surface area contributed by atoms with Crippen molar-refractivity contribution in [2.45, 2.75) is 43.3 Å². The first kappa shape index (κ1) is 33.6. The minimum absolute atomic E-state index is 0.0869. The highest BCUT2D eigenvalue weighted by atomic mass is 35.5. The summed E-state index contributed by atoms with van der Waals surface area (Å²) in [6, 6.07) is 16.1. The number of hydrogen-bond acceptors (Lipinski definition) is 10. The third-order valence-corrected chi connectivity index (χ3v) is 9.59. The van der Waals surface area contributed by atoms with Gasteiger partial charge in [0.25, 0.3) is 5.78 Å². The second-order valence-corrected chi connectivity index (χ2v) is 13.0. The summed E-state index contributed by atoms with van der Waals surface area (Å²) in [6.45, 7) is 7.06. The monoisotopic (exact) mass is 699 g/mol. The van der Waals surface area contributed by atoms with E-state index in [1.165, 1.54) is 16.7 Å². The lowest BCUT2D eigenvalue weighted by Gasteiger charge is -2.23. The SMILES string of the molecule is CCCOc1ccc(C2/C(=C(\O)c3ccc(OCC)cc3)C(=O)C(=O)N2c2nnc(SCc3ccc(Cl)cc3Cl)s2)cc1OCC. The molecule has 1 aromatic heterocycles. The molecule has 1 amide bonds. The van der Waals surface area contributed by atoms with Crippen molar-refractivity contribution < 1.29 is 28.9 Å². The molecule has 3 aromatic carbocycles. The lowest BCUT2D eigenvalue weighted by Crippen LogP contribution is -2.29. The molecule has 0 saturated carbocycles. The third kappa shape index (κ3) is 7.28. The van der Waals surface area contributed by atoms with Gasteiger partial charge in [-0.05, 0) is 79.9 Å². The summed E-state index contributed by atoms with van der Waals surface area (Å²) in [4.78, 5) is 28.7. The van der Waals surface area contributed by atoms with Gasteiger partial charge in [-0.25, -0.2) is 0 Å². The zero-order valence-electron chi connectivity index (χ0n) is 25.3. The summed E-state index contributed by atoms with van der Waals surface area (Å²) >= 11 is 14.9. The fourth-order valence-corrected chi connectivity index (χ4v) is 7.23. The average Bonchev–Trinajstić information content (AvgIpc) is 3.62. The first-order chi connectivity index (χ1) is 22.2. The van der Waals surface area contributed by atoms with Crippen molar-refractivity contribution >= 4 is 68.9 Å². The number of aliphatic hydroxyl groups is 1. The fraction of sp³-hybridized carbons (Fsp3) is 0.273. The van der Waals surface area contributed by atoms with Crippen molar-refractivity contribution in [2.24, 2.45) is 0 Å². The van der Waals surface area contributed by atoms with Gasteiger partial charge >= 0.3 is 5.91 Å². The van der Waals surface area contributed by atoms with E-state index in [0.717, 1.165) is 23.3 Å². The molecule has 1 N–H and O–H groups in total. The summed E-state index contributed by atoms with van der Waals surface area (Å²) in [5, 5.41) is 21.4. The zero-order chi connectivity index (χ0) is 32.8. The molecule has 0 bridgehead atoms. The number of thioether (sulfide) groups is 1. The van der Waals surface area contributed by atoms with Gasteiger partial charge in [-0.2, -0.15) is 0 Å². The molecule has 5 rings (SSSR count). The lowest BCUT2D eigenvalue weighted by atomic mass is 9.95. The number of ether oxygens (including phenoxy) is 3. The first-order valence-electron chi connectivity index (χ1n) is 14.6. The van der Waals surface area contributed by atoms with Gasteiger partial charge in [0, 0.05) is 21.4 Å². The Hall–Kier alpha value is -3.77. The summed E-state index contributed by atoms with van der Waals surface area (Å²) < 4.78 is 17.9.